The Hall–Kier alpha value is -5.78. The molecule has 5 heterocycles. The van der Waals surface area contributed by atoms with Crippen LogP contribution in [-0.2, 0) is 16.2 Å². The van der Waals surface area contributed by atoms with Gasteiger partial charge in [0.1, 0.15) is 11.2 Å². The molecule has 7 aromatic carbocycles. The van der Waals surface area contributed by atoms with Gasteiger partial charge in [0.15, 0.2) is 0 Å². The van der Waals surface area contributed by atoms with Crippen LogP contribution in [0, 0.1) is 0 Å². The second-order valence-corrected chi connectivity index (χ2v) is 21.2. The summed E-state index contributed by atoms with van der Waals surface area (Å²) in [6.45, 7) is 20.8. The van der Waals surface area contributed by atoms with Gasteiger partial charge in [-0.1, -0.05) is 123 Å². The highest BCUT2D eigenvalue weighted by Gasteiger charge is 2.46. The van der Waals surface area contributed by atoms with Crippen LogP contribution >= 0.6 is 11.3 Å². The van der Waals surface area contributed by atoms with Gasteiger partial charge in [-0.25, -0.2) is 0 Å². The Kier molecular flexibility index (Phi) is 6.85. The predicted octanol–water partition coefficient (Wildman–Crippen LogP) is 14.2. The number of nitrogens with zero attached hydrogens (tertiary/aromatic N) is 2. The predicted molar refractivity (Wildman–Crippen MR) is 256 cm³/mol. The molecule has 0 N–H and O–H groups in total. The molecule has 288 valence electrons. The molecule has 59 heavy (non-hydrogen) atoms. The SMILES string of the molecule is CC(C)(C)c1ccc(N2B3c4cc5oc6ccccc6c5cc4-n4c5ccc(C(C)(C)C)cc5c5c6c(sc7ccccc76)c(c3c54)-c3cc(C(C)(C)C)ccc32)cc1. The first kappa shape index (κ1) is 35.2. The van der Waals surface area contributed by atoms with Crippen molar-refractivity contribution in [3.05, 3.63) is 138 Å². The highest BCUT2D eigenvalue weighted by atomic mass is 32.1. The van der Waals surface area contributed by atoms with Gasteiger partial charge in [0.05, 0.1) is 11.0 Å². The summed E-state index contributed by atoms with van der Waals surface area (Å²) in [6.07, 6.45) is 0. The van der Waals surface area contributed by atoms with E-state index in [2.05, 4.69) is 193 Å². The molecule has 3 aromatic heterocycles. The third-order valence-electron chi connectivity index (χ3n) is 13.4. The van der Waals surface area contributed by atoms with Crippen molar-refractivity contribution in [2.24, 2.45) is 0 Å². The number of rotatable bonds is 1. The van der Waals surface area contributed by atoms with Gasteiger partial charge in [-0.15, -0.1) is 11.3 Å². The van der Waals surface area contributed by atoms with Crippen molar-refractivity contribution in [2.75, 3.05) is 4.81 Å². The highest BCUT2D eigenvalue weighted by Crippen LogP contribution is 2.53. The monoisotopic (exact) mass is 782 g/mol. The highest BCUT2D eigenvalue weighted by molar-refractivity contribution is 7.27. The summed E-state index contributed by atoms with van der Waals surface area (Å²) < 4.78 is 12.1. The zero-order valence-corrected chi connectivity index (χ0v) is 36.2. The minimum absolute atomic E-state index is 0.00649. The zero-order chi connectivity index (χ0) is 40.5. The molecule has 3 nitrogen and oxygen atoms in total. The average molecular weight is 783 g/mol. The fraction of sp³-hybridized carbons (Fsp3) is 0.222. The summed E-state index contributed by atoms with van der Waals surface area (Å²) in [4.78, 5) is 2.66. The maximum absolute atomic E-state index is 6.74. The van der Waals surface area contributed by atoms with E-state index in [9.17, 15) is 0 Å². The molecule has 2 aliphatic rings. The van der Waals surface area contributed by atoms with E-state index in [1.54, 1.807) is 0 Å². The summed E-state index contributed by atoms with van der Waals surface area (Å²) in [6, 6.07) is 46.4. The van der Waals surface area contributed by atoms with Crippen molar-refractivity contribution in [1.82, 2.24) is 4.57 Å². The van der Waals surface area contributed by atoms with Gasteiger partial charge >= 0.3 is 6.85 Å². The molecule has 0 aliphatic carbocycles. The minimum Gasteiger partial charge on any atom is -0.456 e. The molecule has 10 aromatic rings. The van der Waals surface area contributed by atoms with Crippen LogP contribution in [0.25, 0.3) is 80.7 Å². The Morgan fingerprint density at radius 2 is 1.20 bits per heavy atom. The van der Waals surface area contributed by atoms with Crippen molar-refractivity contribution in [1.29, 1.82) is 0 Å². The topological polar surface area (TPSA) is 21.3 Å². The lowest BCUT2D eigenvalue weighted by Gasteiger charge is -2.42. The maximum Gasteiger partial charge on any atom is 0.333 e. The number of hydrogen-bond acceptors (Lipinski definition) is 3. The number of aromatic nitrogens is 1. The van der Waals surface area contributed by atoms with Gasteiger partial charge in [-0.2, -0.15) is 0 Å². The number of fused-ring (bicyclic) bond motifs is 16. The number of hydrogen-bond donors (Lipinski definition) is 0. The lowest BCUT2D eigenvalue weighted by Crippen LogP contribution is -2.60. The number of anilines is 2. The van der Waals surface area contributed by atoms with Crippen LogP contribution in [0.5, 0.6) is 0 Å². The van der Waals surface area contributed by atoms with Gasteiger partial charge < -0.3 is 13.8 Å². The average Bonchev–Trinajstić information content (AvgIpc) is 3.87. The second kappa shape index (κ2) is 11.5. The molecule has 0 saturated carbocycles. The van der Waals surface area contributed by atoms with E-state index in [1.165, 1.54) is 97.8 Å². The molecular weight excluding hydrogens is 735 g/mol. The molecule has 0 saturated heterocycles. The van der Waals surface area contributed by atoms with Crippen LogP contribution in [0.15, 0.2) is 126 Å². The van der Waals surface area contributed by atoms with Crippen molar-refractivity contribution in [3.8, 4) is 16.8 Å². The summed E-state index contributed by atoms with van der Waals surface area (Å²) in [5.41, 5.74) is 17.4. The van der Waals surface area contributed by atoms with Crippen LogP contribution in [0.1, 0.15) is 79.0 Å². The molecule has 0 bridgehead atoms. The number of para-hydroxylation sites is 1. The van der Waals surface area contributed by atoms with E-state index >= 15 is 0 Å². The quantitative estimate of drug-likeness (QED) is 0.155. The lowest BCUT2D eigenvalue weighted by atomic mass is 9.43. The largest absolute Gasteiger partial charge is 0.456 e. The summed E-state index contributed by atoms with van der Waals surface area (Å²) >= 11 is 1.96. The summed E-state index contributed by atoms with van der Waals surface area (Å²) in [7, 11) is 0. The standard InChI is InChI=1S/C54H47BN2OS/c1-52(2,3)30-18-22-33(23-19-30)57-41-25-21-32(54(7,8)9)27-38(41)48-49-50-46(47-35-15-11-13-17-45(35)59-51(47)48)37-26-31(53(4,5)6)20-24-40(37)56(50)42-28-36-34-14-10-12-16-43(34)58-44(36)29-39(42)55(49)57/h10-29H,1-9H3. The van der Waals surface area contributed by atoms with Gasteiger partial charge in [0.2, 0.25) is 0 Å². The van der Waals surface area contributed by atoms with E-state index in [4.69, 9.17) is 4.42 Å². The van der Waals surface area contributed by atoms with Crippen LogP contribution < -0.4 is 15.7 Å². The molecule has 0 amide bonds. The fourth-order valence-electron chi connectivity index (χ4n) is 10.3. The third kappa shape index (κ3) is 4.77. The third-order valence-corrected chi connectivity index (χ3v) is 14.6. The fourth-order valence-corrected chi connectivity index (χ4v) is 11.6. The van der Waals surface area contributed by atoms with Crippen LogP contribution in [0.4, 0.5) is 11.4 Å². The van der Waals surface area contributed by atoms with Gasteiger partial charge in [-0.3, -0.25) is 0 Å². The first-order chi connectivity index (χ1) is 28.2. The first-order valence-electron chi connectivity index (χ1n) is 21.1. The number of benzene rings is 7. The Morgan fingerprint density at radius 1 is 0.542 bits per heavy atom. The van der Waals surface area contributed by atoms with E-state index in [0.717, 1.165) is 21.9 Å². The molecule has 0 spiro atoms. The van der Waals surface area contributed by atoms with Gasteiger partial charge in [-0.05, 0) is 105 Å². The van der Waals surface area contributed by atoms with E-state index in [0.29, 0.717) is 0 Å². The molecule has 12 rings (SSSR count). The van der Waals surface area contributed by atoms with Crippen molar-refractivity contribution in [3.63, 3.8) is 0 Å². The van der Waals surface area contributed by atoms with Crippen molar-refractivity contribution < 1.29 is 4.42 Å². The van der Waals surface area contributed by atoms with E-state index in [-0.39, 0.29) is 23.1 Å². The van der Waals surface area contributed by atoms with Crippen molar-refractivity contribution in [2.45, 2.75) is 78.6 Å². The molecule has 0 radical (unpaired) electrons. The maximum atomic E-state index is 6.74. The minimum atomic E-state index is -0.109. The molecule has 0 atom stereocenters. The molecule has 2 aliphatic heterocycles. The second-order valence-electron chi connectivity index (χ2n) is 20.2. The Morgan fingerprint density at radius 3 is 1.95 bits per heavy atom. The Balaban J connectivity index is 1.34. The lowest BCUT2D eigenvalue weighted by molar-refractivity contribution is 0.590. The van der Waals surface area contributed by atoms with E-state index < -0.39 is 0 Å². The molecule has 0 unspecified atom stereocenters. The van der Waals surface area contributed by atoms with Gasteiger partial charge in [0.25, 0.3) is 0 Å². The zero-order valence-electron chi connectivity index (χ0n) is 35.3. The summed E-state index contributed by atoms with van der Waals surface area (Å²) in [5.74, 6) is 0. The van der Waals surface area contributed by atoms with Crippen LogP contribution in [-0.4, -0.2) is 11.4 Å². The van der Waals surface area contributed by atoms with E-state index in [1.807, 2.05) is 11.3 Å². The molecule has 5 heteroatoms. The normalized spacial score (nSPS) is 14.1. The van der Waals surface area contributed by atoms with Crippen molar-refractivity contribution >= 4 is 104 Å². The van der Waals surface area contributed by atoms with Crippen LogP contribution in [0.2, 0.25) is 0 Å². The Bertz CT molecular complexity index is 3450. The first-order valence-corrected chi connectivity index (χ1v) is 21.9. The molecular formula is C54H47BN2OS. The number of furan rings is 1. The Labute approximate surface area is 350 Å². The van der Waals surface area contributed by atoms with Gasteiger partial charge in [0, 0.05) is 69.9 Å². The summed E-state index contributed by atoms with van der Waals surface area (Å²) in [5, 5.41) is 7.70. The smallest absolute Gasteiger partial charge is 0.333 e. The molecule has 0 fully saturated rings. The number of thiophene rings is 1. The van der Waals surface area contributed by atoms with Crippen LogP contribution in [0.3, 0.4) is 0 Å².